The smallest absolute Gasteiger partial charge is 0.178 e. The second kappa shape index (κ2) is 25.8. The molecule has 0 bridgehead atoms. The van der Waals surface area contributed by atoms with E-state index in [0.717, 1.165) is 75.1 Å². The van der Waals surface area contributed by atoms with Crippen molar-refractivity contribution in [2.75, 3.05) is 77.9 Å². The van der Waals surface area contributed by atoms with Crippen LogP contribution in [0.25, 0.3) is 73.3 Å². The van der Waals surface area contributed by atoms with Crippen LogP contribution < -0.4 is 11.5 Å². The van der Waals surface area contributed by atoms with Gasteiger partial charge in [-0.1, -0.05) is 75.6 Å². The summed E-state index contributed by atoms with van der Waals surface area (Å²) in [7, 11) is 4.47. The second-order valence-electron chi connectivity index (χ2n) is 24.5. The molecule has 0 saturated carbocycles. The van der Waals surface area contributed by atoms with Gasteiger partial charge in [0.25, 0.3) is 0 Å². The number of benzene rings is 2. The van der Waals surface area contributed by atoms with Gasteiger partial charge in [0.2, 0.25) is 0 Å². The van der Waals surface area contributed by atoms with Gasteiger partial charge in [-0.25, -0.2) is 29.9 Å². The molecule has 9 aromatic rings. The minimum atomic E-state index is 0.0408. The Hall–Kier alpha value is -9.13. The molecular weight excluding hydrogens is 1080 g/mol. The maximum Gasteiger partial charge on any atom is 0.178 e. The zero-order chi connectivity index (χ0) is 60.7. The Morgan fingerprint density at radius 1 is 0.552 bits per heavy atom. The first-order valence-corrected chi connectivity index (χ1v) is 29.8. The van der Waals surface area contributed by atoms with Crippen molar-refractivity contribution < 1.29 is 9.59 Å². The van der Waals surface area contributed by atoms with E-state index >= 15 is 0 Å². The average Bonchev–Trinajstić information content (AvgIpc) is 1.91. The molecule has 17 nitrogen and oxygen atoms in total. The third kappa shape index (κ3) is 13.3. The van der Waals surface area contributed by atoms with Crippen molar-refractivity contribution in [3.05, 3.63) is 194 Å². The average molecular weight is 1160 g/mol. The predicted octanol–water partition coefficient (Wildman–Crippen LogP) is 11.0. The summed E-state index contributed by atoms with van der Waals surface area (Å²) in [4.78, 5) is 60.7. The Bertz CT molecular complexity index is 3940. The van der Waals surface area contributed by atoms with Crippen molar-refractivity contribution in [1.29, 1.82) is 0 Å². The second-order valence-corrected chi connectivity index (χ2v) is 24.5. The van der Waals surface area contributed by atoms with E-state index in [-0.39, 0.29) is 5.41 Å². The van der Waals surface area contributed by atoms with Crippen molar-refractivity contribution in [3.63, 3.8) is 0 Å². The van der Waals surface area contributed by atoms with Crippen molar-refractivity contribution >= 4 is 52.1 Å². The van der Waals surface area contributed by atoms with Gasteiger partial charge < -0.3 is 21.3 Å². The summed E-state index contributed by atoms with van der Waals surface area (Å²) in [6.07, 6.45) is 24.6. The molecule has 4 saturated heterocycles. The number of nitrogens with two attached hydrogens (primary N) is 2. The van der Waals surface area contributed by atoms with E-state index < -0.39 is 0 Å². The Morgan fingerprint density at radius 2 is 0.989 bits per heavy atom. The Labute approximate surface area is 509 Å². The molecule has 17 heteroatoms. The number of aromatic nitrogens is 9. The number of piperidine rings is 2. The van der Waals surface area contributed by atoms with Gasteiger partial charge in [0.05, 0.1) is 27.9 Å². The minimum absolute atomic E-state index is 0.0408. The van der Waals surface area contributed by atoms with E-state index in [9.17, 15) is 0 Å². The standard InChI is InChI=1S/C33H37N7.C31H32N8.2C3H4O/c1-32(2)11-10-24(18-32)25-17-28-30(36-19-25)37-31(27-5-4-14-35-29(27)34)40(28)26-8-6-23(7-9-26)20-39-21-33(22-39)12-15-38(3)16-13-33;1-37-15-11-31(12-16-37)20-38(21-31)19-22-7-9-24(10-8-22)39-27-17-23(26-6-2-3-13-33-26)18-35-29(27)36-30(39)25-5-4-14-34-28(25)32;2*1-2-3-4/h4-11,14,17-19H,12-13,15-16,20-22H2,1-3H3,(H2,34,35);2-10,13-14,17-18H,11-12,15-16,19-21H2,1H3,(H2,32,34);2*2-3H,1H2. The van der Waals surface area contributed by atoms with Crippen LogP contribution in [0.15, 0.2) is 178 Å². The number of allylic oxidation sites excluding steroid dienone is 6. The maximum absolute atomic E-state index is 9.06. The fourth-order valence-electron chi connectivity index (χ4n) is 12.7. The van der Waals surface area contributed by atoms with Crippen molar-refractivity contribution in [3.8, 4) is 45.4 Å². The van der Waals surface area contributed by atoms with E-state index in [1.165, 1.54) is 107 Å². The van der Waals surface area contributed by atoms with Gasteiger partial charge in [0, 0.05) is 98.2 Å². The van der Waals surface area contributed by atoms with E-state index in [0.29, 0.717) is 46.3 Å². The van der Waals surface area contributed by atoms with E-state index in [1.54, 1.807) is 18.6 Å². The molecule has 4 fully saturated rings. The number of hydrogen-bond acceptors (Lipinski definition) is 15. The lowest BCUT2D eigenvalue weighted by atomic mass is 9.72. The molecule has 2 aromatic carbocycles. The van der Waals surface area contributed by atoms with Gasteiger partial charge in [-0.3, -0.25) is 33.5 Å². The van der Waals surface area contributed by atoms with E-state index in [1.807, 2.05) is 54.9 Å². The lowest BCUT2D eigenvalue weighted by Gasteiger charge is -2.54. The quantitative estimate of drug-likeness (QED) is 0.0864. The molecule has 4 aliphatic heterocycles. The monoisotopic (exact) mass is 1160 g/mol. The first-order chi connectivity index (χ1) is 42.2. The Balaban J connectivity index is 0.000000161. The number of anilines is 2. The van der Waals surface area contributed by atoms with Crippen molar-refractivity contribution in [2.45, 2.75) is 52.6 Å². The summed E-state index contributed by atoms with van der Waals surface area (Å²) in [5, 5.41) is 0. The molecule has 87 heavy (non-hydrogen) atoms. The maximum atomic E-state index is 9.06. The van der Waals surface area contributed by atoms with Crippen molar-refractivity contribution in [2.24, 2.45) is 16.2 Å². The molecular formula is C70H77N15O2. The number of aldehydes is 2. The molecule has 14 rings (SSSR count). The molecule has 1 aliphatic carbocycles. The number of nitrogens with zero attached hydrogens (tertiary/aromatic N) is 13. The third-order valence-corrected chi connectivity index (χ3v) is 17.4. The largest absolute Gasteiger partial charge is 0.383 e. The molecule has 5 aliphatic rings. The first-order valence-electron chi connectivity index (χ1n) is 29.8. The zero-order valence-electron chi connectivity index (χ0n) is 50.3. The molecule has 0 amide bonds. The zero-order valence-corrected chi connectivity index (χ0v) is 50.3. The van der Waals surface area contributed by atoms with Crippen LogP contribution in [0.5, 0.6) is 0 Å². The normalized spacial score (nSPS) is 17.6. The summed E-state index contributed by atoms with van der Waals surface area (Å²) >= 11 is 0. The molecule has 444 valence electrons. The van der Waals surface area contributed by atoms with Crippen LogP contribution >= 0.6 is 0 Å². The third-order valence-electron chi connectivity index (χ3n) is 17.4. The summed E-state index contributed by atoms with van der Waals surface area (Å²) < 4.78 is 4.30. The fourth-order valence-corrected chi connectivity index (χ4v) is 12.7. The lowest BCUT2D eigenvalue weighted by Crippen LogP contribution is -2.59. The molecule has 11 heterocycles. The topological polar surface area (TPSA) is 199 Å². The fraction of sp³-hybridized carbons (Fsp3) is 0.300. The number of imidazole rings is 2. The van der Waals surface area contributed by atoms with E-state index in [4.69, 9.17) is 41.0 Å². The number of pyridine rings is 5. The van der Waals surface area contributed by atoms with Crippen molar-refractivity contribution in [1.82, 2.24) is 63.6 Å². The number of fused-ring (bicyclic) bond motifs is 2. The van der Waals surface area contributed by atoms with Crippen LogP contribution in [-0.4, -0.2) is 143 Å². The summed E-state index contributed by atoms with van der Waals surface area (Å²) in [5.74, 6) is 2.37. The first kappa shape index (κ1) is 59.6. The summed E-state index contributed by atoms with van der Waals surface area (Å²) in [6, 6.07) is 35.6. The Kier molecular flexibility index (Phi) is 17.7. The van der Waals surface area contributed by atoms with Gasteiger partial charge in [-0.15, -0.1) is 0 Å². The summed E-state index contributed by atoms with van der Waals surface area (Å²) in [6.45, 7) is 22.4. The van der Waals surface area contributed by atoms with E-state index in [2.05, 4.69) is 164 Å². The van der Waals surface area contributed by atoms with Gasteiger partial charge in [0.15, 0.2) is 22.9 Å². The van der Waals surface area contributed by atoms with Crippen LogP contribution in [0, 0.1) is 16.2 Å². The number of hydrogen-bond donors (Lipinski definition) is 2. The molecule has 0 atom stereocenters. The van der Waals surface area contributed by atoms with Gasteiger partial charge in [-0.2, -0.15) is 0 Å². The molecule has 0 unspecified atom stereocenters. The predicted molar refractivity (Wildman–Crippen MR) is 349 cm³/mol. The number of likely N-dealkylation sites (tertiary alicyclic amines) is 4. The summed E-state index contributed by atoms with van der Waals surface area (Å²) in [5.41, 5.74) is 27.3. The number of carbonyl (C=O) groups is 2. The highest BCUT2D eigenvalue weighted by Crippen LogP contribution is 2.43. The highest BCUT2D eigenvalue weighted by atomic mass is 16.1. The Morgan fingerprint density at radius 3 is 1.39 bits per heavy atom. The van der Waals surface area contributed by atoms with Crippen LogP contribution in [0.4, 0.5) is 11.6 Å². The lowest BCUT2D eigenvalue weighted by molar-refractivity contribution is -0.104. The van der Waals surface area contributed by atoms with Crippen LogP contribution in [-0.2, 0) is 22.7 Å². The number of rotatable bonds is 12. The van der Waals surface area contributed by atoms with Crippen LogP contribution in [0.2, 0.25) is 0 Å². The number of carbonyl (C=O) groups excluding carboxylic acids is 2. The molecule has 4 N–H and O–H groups in total. The molecule has 7 aromatic heterocycles. The highest BCUT2D eigenvalue weighted by Gasteiger charge is 2.45. The van der Waals surface area contributed by atoms with Crippen LogP contribution in [0.3, 0.4) is 0 Å². The molecule has 2 spiro atoms. The SMILES string of the molecule is C=CC=O.C=CC=O.CN1CCC2(CC1)CN(Cc1ccc(-n3c(-c4cccnc4N)nc4ncc(-c5ccccn5)cc43)cc1)C2.CN1CCC2(CC1)CN(Cc1ccc(-n3c(-c4cccnc4N)nc4ncc(C5=CC(C)(C)C=C5)cc43)cc1)C2. The number of nitrogen functional groups attached to an aromatic ring is 2. The van der Waals surface area contributed by atoms with Gasteiger partial charge >= 0.3 is 0 Å². The van der Waals surface area contributed by atoms with Gasteiger partial charge in [0.1, 0.15) is 24.2 Å². The molecule has 0 radical (unpaired) electrons. The highest BCUT2D eigenvalue weighted by molar-refractivity contribution is 5.88. The van der Waals surface area contributed by atoms with Gasteiger partial charge in [-0.05, 0) is 178 Å². The minimum Gasteiger partial charge on any atom is -0.383 e. The van der Waals surface area contributed by atoms with Crippen LogP contribution in [0.1, 0.15) is 56.2 Å².